The number of thioether (sulfide) groups is 1. The molecule has 4 aromatic rings. The van der Waals surface area contributed by atoms with Gasteiger partial charge in [-0.05, 0) is 24.6 Å². The highest BCUT2D eigenvalue weighted by atomic mass is 32.2. The highest BCUT2D eigenvalue weighted by Crippen LogP contribution is 2.25. The van der Waals surface area contributed by atoms with Gasteiger partial charge in [0, 0.05) is 17.7 Å². The van der Waals surface area contributed by atoms with Gasteiger partial charge in [-0.3, -0.25) is 10.1 Å². The number of H-pyrrole nitrogens is 1. The minimum Gasteiger partial charge on any atom is -0.338 e. The Kier molecular flexibility index (Phi) is 4.13. The predicted octanol–water partition coefficient (Wildman–Crippen LogP) is 4.12. The fraction of sp³-hybridized carbons (Fsp3) is 0.118. The van der Waals surface area contributed by atoms with Crippen LogP contribution in [0, 0.1) is 17.0 Å². The zero-order chi connectivity index (χ0) is 18.1. The van der Waals surface area contributed by atoms with Crippen molar-refractivity contribution < 1.29 is 9.45 Å². The van der Waals surface area contributed by atoms with Crippen LogP contribution in [0.3, 0.4) is 0 Å². The number of nitrogens with one attached hydrogen (secondary N) is 1. The van der Waals surface area contributed by atoms with Crippen LogP contribution in [-0.2, 0) is 5.75 Å². The molecule has 2 aromatic carbocycles. The maximum atomic E-state index is 10.9. The molecule has 26 heavy (non-hydrogen) atoms. The monoisotopic (exact) mass is 367 g/mol. The lowest BCUT2D eigenvalue weighted by molar-refractivity contribution is -0.384. The van der Waals surface area contributed by atoms with Crippen LogP contribution >= 0.6 is 11.8 Å². The van der Waals surface area contributed by atoms with Crippen LogP contribution in [-0.4, -0.2) is 25.0 Å². The van der Waals surface area contributed by atoms with Gasteiger partial charge < -0.3 is 9.51 Å². The molecule has 0 aliphatic rings. The van der Waals surface area contributed by atoms with E-state index in [1.54, 1.807) is 12.1 Å². The van der Waals surface area contributed by atoms with Crippen molar-refractivity contribution >= 4 is 28.5 Å². The fourth-order valence-electron chi connectivity index (χ4n) is 2.49. The van der Waals surface area contributed by atoms with Gasteiger partial charge in [0.05, 0.1) is 21.7 Å². The molecule has 0 bridgehead atoms. The highest BCUT2D eigenvalue weighted by Gasteiger charge is 2.13. The summed E-state index contributed by atoms with van der Waals surface area (Å²) in [7, 11) is 0. The van der Waals surface area contributed by atoms with Crippen molar-refractivity contribution in [3.05, 3.63) is 64.0 Å². The zero-order valence-corrected chi connectivity index (χ0v) is 14.5. The lowest BCUT2D eigenvalue weighted by Crippen LogP contribution is -1.89. The third-order valence-electron chi connectivity index (χ3n) is 3.73. The molecule has 0 fully saturated rings. The van der Waals surface area contributed by atoms with E-state index in [1.807, 2.05) is 25.1 Å². The number of benzene rings is 2. The number of fused-ring (bicyclic) bond motifs is 1. The first-order chi connectivity index (χ1) is 12.6. The maximum Gasteiger partial charge on any atom is 0.270 e. The van der Waals surface area contributed by atoms with Gasteiger partial charge in [-0.25, -0.2) is 4.98 Å². The number of nitrogens with zero attached hydrogens (tertiary/aromatic N) is 4. The van der Waals surface area contributed by atoms with E-state index in [9.17, 15) is 10.1 Å². The van der Waals surface area contributed by atoms with Gasteiger partial charge in [-0.2, -0.15) is 4.98 Å². The molecule has 0 amide bonds. The maximum absolute atomic E-state index is 10.9. The normalized spacial score (nSPS) is 11.1. The Balaban J connectivity index is 1.49. The third-order valence-corrected chi connectivity index (χ3v) is 4.59. The van der Waals surface area contributed by atoms with Crippen molar-refractivity contribution in [2.45, 2.75) is 17.8 Å². The summed E-state index contributed by atoms with van der Waals surface area (Å²) in [5.41, 5.74) is 3.58. The van der Waals surface area contributed by atoms with Crippen LogP contribution in [0.15, 0.2) is 52.1 Å². The molecule has 0 spiro atoms. The summed E-state index contributed by atoms with van der Waals surface area (Å²) < 4.78 is 5.24. The van der Waals surface area contributed by atoms with E-state index in [2.05, 4.69) is 20.1 Å². The number of nitro groups is 1. The SMILES string of the molecule is Cc1ccc2nc(SCc3nc(-c4cccc([N+](=O)[O-])c4)no3)[nH]c2c1. The molecule has 130 valence electrons. The molecule has 0 aliphatic carbocycles. The Labute approximate surface area is 151 Å². The molecule has 9 heteroatoms. The minimum absolute atomic E-state index is 0.0132. The van der Waals surface area contributed by atoms with Gasteiger partial charge in [0.1, 0.15) is 0 Å². The van der Waals surface area contributed by atoms with Crippen molar-refractivity contribution in [3.8, 4) is 11.4 Å². The predicted molar refractivity (Wildman–Crippen MR) is 96.8 cm³/mol. The summed E-state index contributed by atoms with van der Waals surface area (Å²) in [5, 5.41) is 15.5. The van der Waals surface area contributed by atoms with Crippen molar-refractivity contribution in [2.75, 3.05) is 0 Å². The van der Waals surface area contributed by atoms with E-state index in [0.717, 1.165) is 21.8 Å². The molecule has 4 rings (SSSR count). The second-order valence-electron chi connectivity index (χ2n) is 5.67. The van der Waals surface area contributed by atoms with Crippen LogP contribution in [0.5, 0.6) is 0 Å². The summed E-state index contributed by atoms with van der Waals surface area (Å²) in [6.07, 6.45) is 0. The molecule has 0 saturated carbocycles. The van der Waals surface area contributed by atoms with E-state index in [1.165, 1.54) is 23.9 Å². The number of hydrogen-bond donors (Lipinski definition) is 1. The molecular weight excluding hydrogens is 354 g/mol. The quantitative estimate of drug-likeness (QED) is 0.321. The Morgan fingerprint density at radius 2 is 2.12 bits per heavy atom. The number of aromatic nitrogens is 4. The molecule has 0 unspecified atom stereocenters. The second kappa shape index (κ2) is 6.60. The summed E-state index contributed by atoms with van der Waals surface area (Å²) in [5.74, 6) is 1.19. The Bertz CT molecular complexity index is 1100. The molecule has 8 nitrogen and oxygen atoms in total. The van der Waals surface area contributed by atoms with Crippen LogP contribution in [0.2, 0.25) is 0 Å². The highest BCUT2D eigenvalue weighted by molar-refractivity contribution is 7.98. The first-order valence-corrected chi connectivity index (χ1v) is 8.73. The summed E-state index contributed by atoms with van der Waals surface area (Å²) in [4.78, 5) is 22.5. The lowest BCUT2D eigenvalue weighted by atomic mass is 10.2. The smallest absolute Gasteiger partial charge is 0.270 e. The molecule has 2 aromatic heterocycles. The van der Waals surface area contributed by atoms with Crippen LogP contribution < -0.4 is 0 Å². The number of nitro benzene ring substituents is 1. The van der Waals surface area contributed by atoms with E-state index < -0.39 is 4.92 Å². The number of rotatable bonds is 5. The molecule has 0 saturated heterocycles. The van der Waals surface area contributed by atoms with E-state index >= 15 is 0 Å². The third kappa shape index (κ3) is 3.29. The molecule has 0 atom stereocenters. The zero-order valence-electron chi connectivity index (χ0n) is 13.7. The number of imidazole rings is 1. The van der Waals surface area contributed by atoms with Gasteiger partial charge in [0.25, 0.3) is 5.69 Å². The average molecular weight is 367 g/mol. The standard InChI is InChI=1S/C17H13N5O3S/c1-10-5-6-13-14(7-10)19-17(18-13)26-9-15-20-16(21-25-15)11-3-2-4-12(8-11)22(23)24/h2-8H,9H2,1H3,(H,18,19). The molecule has 1 N–H and O–H groups in total. The van der Waals surface area contributed by atoms with Crippen molar-refractivity contribution in [1.82, 2.24) is 20.1 Å². The number of hydrogen-bond acceptors (Lipinski definition) is 7. The summed E-state index contributed by atoms with van der Waals surface area (Å²) in [6.45, 7) is 2.03. The molecular formula is C17H13N5O3S. The van der Waals surface area contributed by atoms with E-state index in [4.69, 9.17) is 4.52 Å². The fourth-order valence-corrected chi connectivity index (χ4v) is 3.21. The second-order valence-corrected chi connectivity index (χ2v) is 6.63. The van der Waals surface area contributed by atoms with Crippen LogP contribution in [0.25, 0.3) is 22.4 Å². The molecule has 2 heterocycles. The van der Waals surface area contributed by atoms with Crippen molar-refractivity contribution in [1.29, 1.82) is 0 Å². The Morgan fingerprint density at radius 1 is 1.23 bits per heavy atom. The summed E-state index contributed by atoms with van der Waals surface area (Å²) >= 11 is 1.45. The van der Waals surface area contributed by atoms with Gasteiger partial charge >= 0.3 is 0 Å². The van der Waals surface area contributed by atoms with Gasteiger partial charge in [-0.15, -0.1) is 0 Å². The molecule has 0 radical (unpaired) electrons. The molecule has 0 aliphatic heterocycles. The average Bonchev–Trinajstić information content (AvgIpc) is 3.26. The minimum atomic E-state index is -0.455. The van der Waals surface area contributed by atoms with Gasteiger partial charge in [0.15, 0.2) is 5.16 Å². The largest absolute Gasteiger partial charge is 0.338 e. The Hall–Kier alpha value is -3.20. The topological polar surface area (TPSA) is 111 Å². The Morgan fingerprint density at radius 3 is 2.96 bits per heavy atom. The van der Waals surface area contributed by atoms with E-state index in [0.29, 0.717) is 23.0 Å². The first kappa shape index (κ1) is 16.3. The van der Waals surface area contributed by atoms with E-state index in [-0.39, 0.29) is 5.69 Å². The summed E-state index contributed by atoms with van der Waals surface area (Å²) in [6, 6.07) is 12.2. The van der Waals surface area contributed by atoms with Gasteiger partial charge in [-0.1, -0.05) is 35.1 Å². The number of aryl methyl sites for hydroxylation is 1. The van der Waals surface area contributed by atoms with Crippen LogP contribution in [0.4, 0.5) is 5.69 Å². The van der Waals surface area contributed by atoms with Crippen molar-refractivity contribution in [2.24, 2.45) is 0 Å². The number of non-ortho nitro benzene ring substituents is 1. The number of aromatic amines is 1. The van der Waals surface area contributed by atoms with Crippen LogP contribution in [0.1, 0.15) is 11.5 Å². The first-order valence-electron chi connectivity index (χ1n) is 7.75. The lowest BCUT2D eigenvalue weighted by Gasteiger charge is -1.94. The van der Waals surface area contributed by atoms with Crippen molar-refractivity contribution in [3.63, 3.8) is 0 Å². The van der Waals surface area contributed by atoms with Gasteiger partial charge in [0.2, 0.25) is 11.7 Å².